The van der Waals surface area contributed by atoms with Gasteiger partial charge in [0.15, 0.2) is 6.04 Å². The molecule has 1 atom stereocenters. The van der Waals surface area contributed by atoms with Crippen LogP contribution in [-0.2, 0) is 26.1 Å². The topological polar surface area (TPSA) is 116 Å². The molecule has 0 saturated carbocycles. The van der Waals surface area contributed by atoms with Crippen molar-refractivity contribution in [2.75, 3.05) is 6.61 Å². The van der Waals surface area contributed by atoms with Crippen molar-refractivity contribution in [1.82, 2.24) is 0 Å². The summed E-state index contributed by atoms with van der Waals surface area (Å²) < 4.78 is 38.1. The molecule has 0 unspecified atom stereocenters. The number of aliphatic imine (C=N–C) groups is 1. The molecule has 1 N–H and O–H groups in total. The quantitative estimate of drug-likeness (QED) is 0.0964. The Morgan fingerprint density at radius 3 is 2.14 bits per heavy atom. The maximum absolute atomic E-state index is 12.8. The number of benzene rings is 2. The van der Waals surface area contributed by atoms with Gasteiger partial charge in [-0.25, -0.2) is 4.79 Å². The number of hydrogen-bond donors (Lipinski definition) is 1. The Labute approximate surface area is 231 Å². The van der Waals surface area contributed by atoms with E-state index in [4.69, 9.17) is 4.74 Å². The van der Waals surface area contributed by atoms with Crippen LogP contribution in [0.15, 0.2) is 64.5 Å². The zero-order valence-corrected chi connectivity index (χ0v) is 23.5. The predicted octanol–water partition coefficient (Wildman–Crippen LogP) is 1.34. The molecule has 0 aromatic heterocycles. The SMILES string of the molecule is CCCCCCCCCCOC(=O)[C@H](Cc1ccccc1)N=C([O-])c1ccccc1S(=O)(=O)O.[Na+]. The summed E-state index contributed by atoms with van der Waals surface area (Å²) in [7, 11) is -4.62. The van der Waals surface area contributed by atoms with Gasteiger partial charge < -0.3 is 9.84 Å². The molecule has 0 fully saturated rings. The summed E-state index contributed by atoms with van der Waals surface area (Å²) in [5.74, 6) is -1.54. The number of rotatable bonds is 15. The van der Waals surface area contributed by atoms with E-state index in [-0.39, 0.29) is 48.1 Å². The first-order valence-corrected chi connectivity index (χ1v) is 13.3. The minimum atomic E-state index is -4.62. The molecule has 2 aromatic rings. The molecular formula is C26H34NNaO6S. The van der Waals surface area contributed by atoms with Gasteiger partial charge in [-0.2, -0.15) is 8.42 Å². The molecule has 0 bridgehead atoms. The third-order valence-corrected chi connectivity index (χ3v) is 6.37. The van der Waals surface area contributed by atoms with Crippen molar-refractivity contribution in [2.45, 2.75) is 75.6 Å². The smallest absolute Gasteiger partial charge is 0.858 e. The van der Waals surface area contributed by atoms with Crippen molar-refractivity contribution in [1.29, 1.82) is 0 Å². The van der Waals surface area contributed by atoms with Crippen LogP contribution >= 0.6 is 0 Å². The van der Waals surface area contributed by atoms with Gasteiger partial charge in [0.2, 0.25) is 0 Å². The molecule has 2 aromatic carbocycles. The molecule has 0 radical (unpaired) electrons. The Morgan fingerprint density at radius 2 is 1.51 bits per heavy atom. The van der Waals surface area contributed by atoms with Crippen molar-refractivity contribution in [3.05, 3.63) is 65.7 Å². The Bertz CT molecular complexity index is 1030. The minimum absolute atomic E-state index is 0. The number of carbonyl (C=O) groups is 1. The number of ether oxygens (including phenoxy) is 1. The summed E-state index contributed by atoms with van der Waals surface area (Å²) in [6, 6.07) is 13.2. The first-order chi connectivity index (χ1) is 16.3. The minimum Gasteiger partial charge on any atom is -0.858 e. The van der Waals surface area contributed by atoms with Crippen LogP contribution in [0, 0.1) is 0 Å². The van der Waals surface area contributed by atoms with Gasteiger partial charge in [0.05, 0.1) is 6.61 Å². The van der Waals surface area contributed by atoms with E-state index in [2.05, 4.69) is 11.9 Å². The average Bonchev–Trinajstić information content (AvgIpc) is 2.82. The van der Waals surface area contributed by atoms with Crippen LogP contribution in [0.2, 0.25) is 0 Å². The van der Waals surface area contributed by atoms with Crippen molar-refractivity contribution in [3.8, 4) is 0 Å². The monoisotopic (exact) mass is 511 g/mol. The number of carbonyl (C=O) groups excluding carboxylic acids is 1. The van der Waals surface area contributed by atoms with E-state index in [1.54, 1.807) is 0 Å². The van der Waals surface area contributed by atoms with Crippen LogP contribution in [0.1, 0.15) is 69.4 Å². The fraction of sp³-hybridized carbons (Fsp3) is 0.462. The fourth-order valence-electron chi connectivity index (χ4n) is 3.60. The van der Waals surface area contributed by atoms with Gasteiger partial charge in [-0.05, 0) is 23.9 Å². The van der Waals surface area contributed by atoms with E-state index in [9.17, 15) is 22.9 Å². The van der Waals surface area contributed by atoms with Crippen LogP contribution in [0.5, 0.6) is 0 Å². The van der Waals surface area contributed by atoms with E-state index >= 15 is 0 Å². The summed E-state index contributed by atoms with van der Waals surface area (Å²) in [4.78, 5) is 16.2. The summed E-state index contributed by atoms with van der Waals surface area (Å²) >= 11 is 0. The second-order valence-corrected chi connectivity index (χ2v) is 9.64. The first kappa shape index (κ1) is 31.3. The summed E-state index contributed by atoms with van der Waals surface area (Å²) in [6.07, 6.45) is 9.04. The zero-order valence-electron chi connectivity index (χ0n) is 20.7. The molecule has 35 heavy (non-hydrogen) atoms. The molecule has 0 heterocycles. The van der Waals surface area contributed by atoms with Gasteiger partial charge >= 0.3 is 35.5 Å². The molecule has 0 amide bonds. The van der Waals surface area contributed by atoms with E-state index < -0.39 is 32.9 Å². The average molecular weight is 512 g/mol. The van der Waals surface area contributed by atoms with Crippen molar-refractivity contribution < 1.29 is 57.2 Å². The second-order valence-electron chi connectivity index (χ2n) is 8.25. The van der Waals surface area contributed by atoms with Crippen molar-refractivity contribution >= 4 is 22.0 Å². The van der Waals surface area contributed by atoms with Crippen LogP contribution in [0.4, 0.5) is 0 Å². The van der Waals surface area contributed by atoms with Gasteiger partial charge in [0.1, 0.15) is 4.90 Å². The van der Waals surface area contributed by atoms with E-state index in [0.29, 0.717) is 0 Å². The summed E-state index contributed by atoms with van der Waals surface area (Å²) in [5, 5.41) is 12.8. The van der Waals surface area contributed by atoms with Crippen LogP contribution in [0.25, 0.3) is 0 Å². The van der Waals surface area contributed by atoms with Crippen molar-refractivity contribution in [2.24, 2.45) is 4.99 Å². The Hall–Kier alpha value is -1.71. The molecule has 0 aliphatic rings. The molecule has 2 rings (SSSR count). The fourth-order valence-corrected chi connectivity index (χ4v) is 4.29. The third-order valence-electron chi connectivity index (χ3n) is 5.45. The largest absolute Gasteiger partial charge is 1.00 e. The van der Waals surface area contributed by atoms with E-state index in [0.717, 1.165) is 30.9 Å². The van der Waals surface area contributed by atoms with Crippen molar-refractivity contribution in [3.63, 3.8) is 0 Å². The number of unbranched alkanes of at least 4 members (excludes halogenated alkanes) is 7. The molecule has 0 aliphatic heterocycles. The van der Waals surface area contributed by atoms with Gasteiger partial charge in [-0.15, -0.1) is 0 Å². The second kappa shape index (κ2) is 16.9. The Kier molecular flexibility index (Phi) is 15.1. The molecule has 0 saturated heterocycles. The number of hydrogen-bond acceptors (Lipinski definition) is 6. The molecule has 186 valence electrons. The maximum atomic E-state index is 12.8. The first-order valence-electron chi connectivity index (χ1n) is 11.8. The van der Waals surface area contributed by atoms with Crippen LogP contribution in [0.3, 0.4) is 0 Å². The van der Waals surface area contributed by atoms with E-state index in [1.807, 2.05) is 30.3 Å². The third kappa shape index (κ3) is 11.7. The Morgan fingerprint density at radius 1 is 0.943 bits per heavy atom. The molecule has 0 aliphatic carbocycles. The standard InChI is InChI=1S/C26H35NO6S.Na/c1-2-3-4-5-6-7-8-14-19-33-26(29)23(20-21-15-10-9-11-16-21)27-25(28)22-17-12-13-18-24(22)34(30,31)32;/h9-13,15-18,23H,2-8,14,19-20H2,1H3,(H,27,28)(H,30,31,32);/q;+1/p-1/t23-;/m0./s1. The summed E-state index contributed by atoms with van der Waals surface area (Å²) in [5.41, 5.74) is 0.495. The molecule has 0 spiro atoms. The predicted molar refractivity (Wildman–Crippen MR) is 130 cm³/mol. The van der Waals surface area contributed by atoms with Crippen LogP contribution in [-0.4, -0.2) is 37.5 Å². The number of nitrogens with zero attached hydrogens (tertiary/aromatic N) is 1. The van der Waals surface area contributed by atoms with Crippen LogP contribution < -0.4 is 34.7 Å². The van der Waals surface area contributed by atoms with Gasteiger partial charge in [0, 0.05) is 12.0 Å². The Balaban J connectivity index is 0.00000612. The number of esters is 1. The zero-order chi connectivity index (χ0) is 24.8. The van der Waals surface area contributed by atoms with Gasteiger partial charge in [-0.3, -0.25) is 9.55 Å². The van der Waals surface area contributed by atoms with E-state index in [1.165, 1.54) is 50.3 Å². The van der Waals surface area contributed by atoms with Gasteiger partial charge in [0.25, 0.3) is 10.1 Å². The normalized spacial score (nSPS) is 12.6. The molecule has 9 heteroatoms. The molecular weight excluding hydrogens is 477 g/mol. The van der Waals surface area contributed by atoms with Gasteiger partial charge in [-0.1, -0.05) is 100 Å². The summed E-state index contributed by atoms with van der Waals surface area (Å²) in [6.45, 7) is 2.43. The maximum Gasteiger partial charge on any atom is 1.00 e. The molecule has 7 nitrogen and oxygen atoms in total.